The average Bonchev–Trinajstić information content (AvgIpc) is 3.41. The van der Waals surface area contributed by atoms with Crippen molar-refractivity contribution in [3.63, 3.8) is 0 Å². The number of anilines is 1. The summed E-state index contributed by atoms with van der Waals surface area (Å²) < 4.78 is 58.9. The highest BCUT2D eigenvalue weighted by Gasteiger charge is 2.52. The van der Waals surface area contributed by atoms with Crippen LogP contribution in [0.5, 0.6) is 0 Å². The Bertz CT molecular complexity index is 982. The number of halogens is 4. The van der Waals surface area contributed by atoms with E-state index in [2.05, 4.69) is 10.3 Å². The van der Waals surface area contributed by atoms with Gasteiger partial charge in [0.15, 0.2) is 0 Å². The first-order chi connectivity index (χ1) is 16.2. The molecule has 0 radical (unpaired) electrons. The van der Waals surface area contributed by atoms with E-state index in [1.807, 2.05) is 11.8 Å². The summed E-state index contributed by atoms with van der Waals surface area (Å²) >= 11 is 0. The first-order valence-electron chi connectivity index (χ1n) is 11.9. The van der Waals surface area contributed by atoms with Crippen molar-refractivity contribution in [1.29, 1.82) is 0 Å². The smallest absolute Gasteiger partial charge is 0.433 e. The number of alkyl halides is 4. The topological polar surface area (TPSA) is 74.8 Å². The lowest BCUT2D eigenvalue weighted by Crippen LogP contribution is -2.56. The Hall–Kier alpha value is -2.59. The van der Waals surface area contributed by atoms with Gasteiger partial charge in [-0.05, 0) is 58.6 Å². The third kappa shape index (κ3) is 5.33. The predicted octanol–water partition coefficient (Wildman–Crippen LogP) is 4.17. The number of likely N-dealkylation sites (tertiary alicyclic amines) is 1. The molecule has 1 aromatic rings. The number of hydrogen-bond acceptors (Lipinski definition) is 5. The van der Waals surface area contributed by atoms with E-state index in [1.165, 1.54) is 6.07 Å². The van der Waals surface area contributed by atoms with Gasteiger partial charge in [0.05, 0.1) is 6.54 Å². The van der Waals surface area contributed by atoms with E-state index in [-0.39, 0.29) is 30.6 Å². The Balaban J connectivity index is 1.46. The normalized spacial score (nSPS) is 31.0. The quantitative estimate of drug-likeness (QED) is 0.631. The number of carbonyl (C=O) groups is 2. The lowest BCUT2D eigenvalue weighted by molar-refractivity contribution is -0.141. The zero-order valence-electron chi connectivity index (χ0n) is 20.4. The molecule has 11 heteroatoms. The van der Waals surface area contributed by atoms with E-state index in [0.717, 1.165) is 17.4 Å². The van der Waals surface area contributed by atoms with Crippen LogP contribution in [0.25, 0.3) is 0 Å². The zero-order valence-corrected chi connectivity index (χ0v) is 20.4. The Kier molecular flexibility index (Phi) is 6.42. The molecule has 1 N–H and O–H groups in total. The molecule has 1 aliphatic carbocycles. The predicted molar refractivity (Wildman–Crippen MR) is 120 cm³/mol. The number of aromatic nitrogens is 1. The number of pyridine rings is 1. The van der Waals surface area contributed by atoms with E-state index in [1.54, 1.807) is 26.8 Å². The molecule has 35 heavy (non-hydrogen) atoms. The maximum Gasteiger partial charge on any atom is 0.433 e. The molecule has 3 aliphatic rings. The minimum Gasteiger partial charge on any atom is -0.444 e. The minimum absolute atomic E-state index is 0.0136. The van der Waals surface area contributed by atoms with Crippen LogP contribution in [0.15, 0.2) is 18.2 Å². The maximum absolute atomic E-state index is 14.2. The molecule has 194 valence electrons. The van der Waals surface area contributed by atoms with Gasteiger partial charge in [-0.2, -0.15) is 13.2 Å². The molecule has 0 unspecified atom stereocenters. The highest BCUT2D eigenvalue weighted by Crippen LogP contribution is 2.46. The first kappa shape index (κ1) is 25.5. The van der Waals surface area contributed by atoms with Crippen molar-refractivity contribution in [2.24, 2.45) is 11.8 Å². The van der Waals surface area contributed by atoms with Gasteiger partial charge in [0.25, 0.3) is 0 Å². The van der Waals surface area contributed by atoms with Gasteiger partial charge in [-0.25, -0.2) is 14.2 Å². The van der Waals surface area contributed by atoms with Gasteiger partial charge < -0.3 is 15.0 Å². The van der Waals surface area contributed by atoms with Crippen molar-refractivity contribution in [2.75, 3.05) is 24.5 Å². The van der Waals surface area contributed by atoms with Crippen LogP contribution in [-0.2, 0) is 15.7 Å². The molecule has 0 spiro atoms. The van der Waals surface area contributed by atoms with Gasteiger partial charge >= 0.3 is 12.3 Å². The van der Waals surface area contributed by atoms with E-state index in [4.69, 9.17) is 4.74 Å². The zero-order chi connectivity index (χ0) is 25.8. The van der Waals surface area contributed by atoms with Crippen LogP contribution in [0.2, 0.25) is 0 Å². The van der Waals surface area contributed by atoms with Gasteiger partial charge in [0.2, 0.25) is 5.91 Å². The highest BCUT2D eigenvalue weighted by molar-refractivity contribution is 5.87. The molecule has 3 heterocycles. The largest absolute Gasteiger partial charge is 0.444 e. The molecule has 5 atom stereocenters. The van der Waals surface area contributed by atoms with Crippen LogP contribution in [0.1, 0.15) is 52.7 Å². The van der Waals surface area contributed by atoms with Gasteiger partial charge in [0, 0.05) is 31.0 Å². The van der Waals surface area contributed by atoms with Crippen molar-refractivity contribution in [3.8, 4) is 0 Å². The third-order valence-corrected chi connectivity index (χ3v) is 7.23. The molecular weight excluding hydrogens is 468 g/mol. The molecule has 1 aromatic heterocycles. The molecule has 2 aliphatic heterocycles. The van der Waals surface area contributed by atoms with Gasteiger partial charge in [-0.1, -0.05) is 6.07 Å². The summed E-state index contributed by atoms with van der Waals surface area (Å²) in [5.74, 6) is -0.0127. The Labute approximate surface area is 202 Å². The van der Waals surface area contributed by atoms with Crippen molar-refractivity contribution >= 4 is 17.8 Å². The fraction of sp³-hybridized carbons (Fsp3) is 0.708. The van der Waals surface area contributed by atoms with Crippen LogP contribution < -0.4 is 10.2 Å². The molecule has 0 aromatic carbocycles. The number of carbonyl (C=O) groups excluding carboxylic acids is 2. The SMILES string of the molecule is CC(C)(C)OC(=O)N1C[C@H](F)C[C@H]1C(=O)N[C@@]1(C)CC[C@@H]2CN(c3cccc(C(F)(F)F)n3)C[C@@H]21. The Morgan fingerprint density at radius 2 is 1.89 bits per heavy atom. The molecule has 2 saturated heterocycles. The summed E-state index contributed by atoms with van der Waals surface area (Å²) in [5.41, 5.74) is -2.35. The number of rotatable bonds is 3. The highest BCUT2D eigenvalue weighted by atomic mass is 19.4. The second kappa shape index (κ2) is 8.81. The summed E-state index contributed by atoms with van der Waals surface area (Å²) in [6.07, 6.45) is -5.19. The number of ether oxygens (including phenoxy) is 1. The van der Waals surface area contributed by atoms with Crippen LogP contribution in [-0.4, -0.2) is 64.9 Å². The second-order valence-electron chi connectivity index (χ2n) is 11.1. The van der Waals surface area contributed by atoms with Crippen LogP contribution >= 0.6 is 0 Å². The van der Waals surface area contributed by atoms with Crippen LogP contribution in [0, 0.1) is 11.8 Å². The standard InChI is InChI=1S/C24H32F4N4O3/c1-22(2,3)35-21(34)32-12-15(25)10-17(32)20(33)30-23(4)9-8-14-11-31(13-16(14)23)19-7-5-6-18(29-19)24(26,27)28/h5-7,14-17H,8-13H2,1-4H3,(H,30,33)/t14-,15-,16+,17+,23+/m1/s1. The maximum atomic E-state index is 14.2. The number of fused-ring (bicyclic) bond motifs is 1. The number of nitrogens with zero attached hydrogens (tertiary/aromatic N) is 3. The van der Waals surface area contributed by atoms with E-state index >= 15 is 0 Å². The fourth-order valence-corrected chi connectivity index (χ4v) is 5.58. The number of hydrogen-bond donors (Lipinski definition) is 1. The molecule has 1 saturated carbocycles. The van der Waals surface area contributed by atoms with Crippen LogP contribution in [0.3, 0.4) is 0 Å². The molecule has 3 fully saturated rings. The lowest BCUT2D eigenvalue weighted by Gasteiger charge is -2.35. The lowest BCUT2D eigenvalue weighted by atomic mass is 9.86. The molecule has 2 amide bonds. The second-order valence-corrected chi connectivity index (χ2v) is 11.1. The van der Waals surface area contributed by atoms with E-state index < -0.39 is 47.2 Å². The van der Waals surface area contributed by atoms with Crippen molar-refractivity contribution < 1.29 is 31.9 Å². The van der Waals surface area contributed by atoms with Gasteiger partial charge in [-0.3, -0.25) is 9.69 Å². The third-order valence-electron chi connectivity index (χ3n) is 7.23. The van der Waals surface area contributed by atoms with Crippen molar-refractivity contribution in [3.05, 3.63) is 23.9 Å². The fourth-order valence-electron chi connectivity index (χ4n) is 5.58. The van der Waals surface area contributed by atoms with Crippen molar-refractivity contribution in [2.45, 2.75) is 76.5 Å². The average molecular weight is 501 g/mol. The van der Waals surface area contributed by atoms with Gasteiger partial charge in [-0.15, -0.1) is 0 Å². The first-order valence-corrected chi connectivity index (χ1v) is 11.9. The van der Waals surface area contributed by atoms with Crippen molar-refractivity contribution in [1.82, 2.24) is 15.2 Å². The summed E-state index contributed by atoms with van der Waals surface area (Å²) in [4.78, 5) is 32.6. The molecule has 4 rings (SSSR count). The Morgan fingerprint density at radius 3 is 2.54 bits per heavy atom. The number of amides is 2. The van der Waals surface area contributed by atoms with E-state index in [9.17, 15) is 27.2 Å². The molecule has 0 bridgehead atoms. The summed E-state index contributed by atoms with van der Waals surface area (Å²) in [6.45, 7) is 7.81. The van der Waals surface area contributed by atoms with Gasteiger partial charge in [0.1, 0.15) is 29.3 Å². The summed E-state index contributed by atoms with van der Waals surface area (Å²) in [7, 11) is 0. The summed E-state index contributed by atoms with van der Waals surface area (Å²) in [5, 5.41) is 3.06. The number of nitrogens with one attached hydrogen (secondary N) is 1. The monoisotopic (exact) mass is 500 g/mol. The summed E-state index contributed by atoms with van der Waals surface area (Å²) in [6, 6.07) is 2.88. The Morgan fingerprint density at radius 1 is 1.17 bits per heavy atom. The van der Waals surface area contributed by atoms with Crippen LogP contribution in [0.4, 0.5) is 28.2 Å². The molecular formula is C24H32F4N4O3. The molecule has 7 nitrogen and oxygen atoms in total. The minimum atomic E-state index is -4.52. The van der Waals surface area contributed by atoms with E-state index in [0.29, 0.717) is 19.5 Å².